The quantitative estimate of drug-likeness (QED) is 0.615. The summed E-state index contributed by atoms with van der Waals surface area (Å²) in [4.78, 5) is 17.7. The first-order chi connectivity index (χ1) is 6.51. The molecule has 78 valence electrons. The van der Waals surface area contributed by atoms with E-state index in [-0.39, 0.29) is 5.88 Å². The third-order valence-electron chi connectivity index (χ3n) is 1.12. The minimum Gasteiger partial charge on any atom is -0.404 e. The third-order valence-corrected chi connectivity index (χ3v) is 2.57. The number of hydrogen-bond acceptors (Lipinski definition) is 5. The molecule has 0 aliphatic heterocycles. The molecule has 0 spiro atoms. The molecule has 0 saturated heterocycles. The van der Waals surface area contributed by atoms with Gasteiger partial charge in [-0.3, -0.25) is 0 Å². The van der Waals surface area contributed by atoms with E-state index in [1.54, 1.807) is 6.07 Å². The van der Waals surface area contributed by atoms with Crippen LogP contribution in [0.15, 0.2) is 17.2 Å². The van der Waals surface area contributed by atoms with Crippen LogP contribution in [0.2, 0.25) is 0 Å². The van der Waals surface area contributed by atoms with Crippen molar-refractivity contribution in [2.24, 2.45) is 0 Å². The Balaban J connectivity index is 2.69. The van der Waals surface area contributed by atoms with Crippen LogP contribution in [-0.2, 0) is 11.8 Å². The zero-order chi connectivity index (χ0) is 10.6. The first kappa shape index (κ1) is 11.9. The Morgan fingerprint density at radius 3 is 2.64 bits per heavy atom. The summed E-state index contributed by atoms with van der Waals surface area (Å²) in [6.07, 6.45) is 0. The summed E-state index contributed by atoms with van der Waals surface area (Å²) in [5, 5.41) is 8.17. The fourth-order valence-corrected chi connectivity index (χ4v) is 1.83. The first-order valence-corrected chi connectivity index (χ1v) is 7.34. The largest absolute Gasteiger partial charge is 0.404 e. The lowest BCUT2D eigenvalue weighted by atomic mass is 10.6. The summed E-state index contributed by atoms with van der Waals surface area (Å²) >= 11 is 5.81. The van der Waals surface area contributed by atoms with Gasteiger partial charge in [-0.1, -0.05) is 6.92 Å². The van der Waals surface area contributed by atoms with Crippen molar-refractivity contribution < 1.29 is 14.3 Å². The van der Waals surface area contributed by atoms with Crippen molar-refractivity contribution in [2.45, 2.75) is 11.9 Å². The Kier molecular flexibility index (Phi) is 4.28. The number of hydrogen-bond donors (Lipinski definition) is 2. The summed E-state index contributed by atoms with van der Waals surface area (Å²) in [7, 11) is 0. The maximum Gasteiger partial charge on any atom is 0.376 e. The van der Waals surface area contributed by atoms with E-state index in [9.17, 15) is 0 Å². The van der Waals surface area contributed by atoms with Gasteiger partial charge in [0.05, 0.1) is 0 Å². The normalized spacial score (nSPS) is 11.4. The molecule has 0 unspecified atom stereocenters. The molecule has 0 aliphatic rings. The maximum atomic E-state index is 8.83. The van der Waals surface area contributed by atoms with E-state index < -0.39 is 6.72 Å². The fourth-order valence-electron chi connectivity index (χ4n) is 0.703. The molecule has 0 radical (unpaired) electrons. The zero-order valence-electron chi connectivity index (χ0n) is 7.32. The van der Waals surface area contributed by atoms with E-state index in [1.165, 1.54) is 17.8 Å². The lowest BCUT2D eigenvalue weighted by Gasteiger charge is -2.07. The summed E-state index contributed by atoms with van der Waals surface area (Å²) in [6.45, 7) is -1.70. The lowest BCUT2D eigenvalue weighted by Crippen LogP contribution is -1.94. The van der Waals surface area contributed by atoms with Crippen LogP contribution < -0.4 is 4.52 Å². The Morgan fingerprint density at radius 1 is 1.50 bits per heavy atom. The second-order valence-electron chi connectivity index (χ2n) is 2.22. The van der Waals surface area contributed by atoms with Crippen molar-refractivity contribution in [3.8, 4) is 5.88 Å². The summed E-state index contributed by atoms with van der Waals surface area (Å²) in [5.41, 5.74) is 0. The maximum absolute atomic E-state index is 8.83. The van der Waals surface area contributed by atoms with Crippen molar-refractivity contribution in [1.29, 1.82) is 0 Å². The van der Waals surface area contributed by atoms with Gasteiger partial charge in [0.25, 0.3) is 0 Å². The van der Waals surface area contributed by atoms with Gasteiger partial charge < -0.3 is 14.3 Å². The second kappa shape index (κ2) is 5.04. The molecular weight excluding hydrogens is 243 g/mol. The summed E-state index contributed by atoms with van der Waals surface area (Å²) in [6, 6.07) is 3.18. The molecule has 2 N–H and O–H groups in total. The highest BCUT2D eigenvalue weighted by atomic mass is 32.5. The number of thioether (sulfide) groups is 1. The van der Waals surface area contributed by atoms with Crippen LogP contribution in [0.1, 0.15) is 6.92 Å². The van der Waals surface area contributed by atoms with Crippen LogP contribution in [0, 0.1) is 0 Å². The topological polar surface area (TPSA) is 75.5 Å². The van der Waals surface area contributed by atoms with Crippen molar-refractivity contribution in [3.63, 3.8) is 0 Å². The Hall–Kier alpha value is -0.200. The molecular formula is C6H9N2O3PS2. The number of nitrogens with zero attached hydrogens (tertiary/aromatic N) is 2. The molecule has 14 heavy (non-hydrogen) atoms. The number of rotatable bonds is 4. The van der Waals surface area contributed by atoms with Crippen LogP contribution in [0.4, 0.5) is 0 Å². The number of aromatic nitrogens is 2. The molecule has 1 heterocycles. The Morgan fingerprint density at radius 2 is 2.21 bits per heavy atom. The van der Waals surface area contributed by atoms with Crippen LogP contribution in [0.3, 0.4) is 0 Å². The van der Waals surface area contributed by atoms with Crippen LogP contribution in [-0.4, -0.2) is 25.7 Å². The molecule has 0 aliphatic carbocycles. The Bertz CT molecular complexity index is 339. The van der Waals surface area contributed by atoms with E-state index >= 15 is 0 Å². The third kappa shape index (κ3) is 4.34. The lowest BCUT2D eigenvalue weighted by molar-refractivity contribution is 0.362. The summed E-state index contributed by atoms with van der Waals surface area (Å²) < 4.78 is 4.59. The van der Waals surface area contributed by atoms with Gasteiger partial charge in [-0.15, -0.1) is 22.0 Å². The minimum absolute atomic E-state index is 0.0267. The van der Waals surface area contributed by atoms with Gasteiger partial charge in [0, 0.05) is 17.9 Å². The van der Waals surface area contributed by atoms with Gasteiger partial charge in [-0.2, -0.15) is 0 Å². The van der Waals surface area contributed by atoms with E-state index in [0.717, 1.165) is 10.8 Å². The molecule has 0 saturated carbocycles. The minimum atomic E-state index is -3.69. The van der Waals surface area contributed by atoms with E-state index in [4.69, 9.17) is 9.79 Å². The molecule has 1 aromatic rings. The highest BCUT2D eigenvalue weighted by Gasteiger charge is 2.11. The Labute approximate surface area is 90.8 Å². The molecule has 0 fully saturated rings. The van der Waals surface area contributed by atoms with Gasteiger partial charge in [-0.05, 0) is 11.8 Å². The van der Waals surface area contributed by atoms with Crippen LogP contribution in [0.5, 0.6) is 5.88 Å². The van der Waals surface area contributed by atoms with Crippen molar-refractivity contribution in [3.05, 3.63) is 12.1 Å². The summed E-state index contributed by atoms with van der Waals surface area (Å²) in [5.74, 6) is 0.922. The van der Waals surface area contributed by atoms with E-state index in [2.05, 4.69) is 26.5 Å². The molecule has 8 heteroatoms. The van der Waals surface area contributed by atoms with E-state index in [1.807, 2.05) is 6.92 Å². The molecule has 1 aromatic heterocycles. The monoisotopic (exact) mass is 252 g/mol. The highest BCUT2D eigenvalue weighted by molar-refractivity contribution is 8.06. The van der Waals surface area contributed by atoms with Crippen molar-refractivity contribution >= 4 is 30.3 Å². The van der Waals surface area contributed by atoms with E-state index in [0.29, 0.717) is 0 Å². The zero-order valence-corrected chi connectivity index (χ0v) is 9.85. The van der Waals surface area contributed by atoms with Gasteiger partial charge in [-0.25, -0.2) is 0 Å². The van der Waals surface area contributed by atoms with Gasteiger partial charge in [0.1, 0.15) is 5.03 Å². The smallest absolute Gasteiger partial charge is 0.376 e. The SMILES string of the molecule is CCSc1ccc(OP(O)(O)=S)nn1. The molecule has 0 bridgehead atoms. The molecule has 0 amide bonds. The van der Waals surface area contributed by atoms with Crippen molar-refractivity contribution in [1.82, 2.24) is 10.2 Å². The second-order valence-corrected chi connectivity index (χ2v) is 6.10. The van der Waals surface area contributed by atoms with Gasteiger partial charge in [0.15, 0.2) is 0 Å². The first-order valence-electron chi connectivity index (χ1n) is 3.73. The van der Waals surface area contributed by atoms with Crippen molar-refractivity contribution in [2.75, 3.05) is 5.75 Å². The molecule has 0 atom stereocenters. The van der Waals surface area contributed by atoms with Gasteiger partial charge >= 0.3 is 6.72 Å². The fraction of sp³-hybridized carbons (Fsp3) is 0.333. The molecule has 0 aromatic carbocycles. The van der Waals surface area contributed by atoms with Crippen LogP contribution >= 0.6 is 18.5 Å². The predicted molar refractivity (Wildman–Crippen MR) is 57.8 cm³/mol. The highest BCUT2D eigenvalue weighted by Crippen LogP contribution is 2.36. The van der Waals surface area contributed by atoms with Gasteiger partial charge in [0.2, 0.25) is 5.88 Å². The standard InChI is InChI=1S/C6H9N2O3PS2/c1-2-14-6-4-3-5(7-8-6)11-12(9,10)13/h3-4H,2H2,1H3,(H2,9,10,13). The molecule has 1 rings (SSSR count). The predicted octanol–water partition coefficient (Wildman–Crippen LogP) is 1.18. The molecule has 5 nitrogen and oxygen atoms in total. The van der Waals surface area contributed by atoms with Crippen LogP contribution in [0.25, 0.3) is 0 Å². The average molecular weight is 252 g/mol. The average Bonchev–Trinajstić information content (AvgIpc) is 2.06.